The highest BCUT2D eigenvalue weighted by Crippen LogP contribution is 2.25. The van der Waals surface area contributed by atoms with E-state index in [2.05, 4.69) is 69.8 Å². The Morgan fingerprint density at radius 3 is 2.54 bits per heavy atom. The molecule has 1 fully saturated rings. The topological polar surface area (TPSA) is 23.5 Å². The summed E-state index contributed by atoms with van der Waals surface area (Å²) in [5.41, 5.74) is 3.79. The van der Waals surface area contributed by atoms with Crippen LogP contribution in [0.1, 0.15) is 69.4 Å². The zero-order valence-electron chi connectivity index (χ0n) is 18.8. The SMILES string of the molecule is C=C(C)CCCCCN(C)C.Cc1cccc(C[C@@H](O)/C=C/C2CCCC2)c1. The average Bonchev–Trinajstić information content (AvgIpc) is 3.13. The lowest BCUT2D eigenvalue weighted by molar-refractivity contribution is 0.223. The van der Waals surface area contributed by atoms with Crippen molar-refractivity contribution in [2.75, 3.05) is 20.6 Å². The lowest BCUT2D eigenvalue weighted by Gasteiger charge is -2.08. The maximum absolute atomic E-state index is 9.97. The van der Waals surface area contributed by atoms with Gasteiger partial charge in [-0.2, -0.15) is 0 Å². The van der Waals surface area contributed by atoms with Gasteiger partial charge in [-0.15, -0.1) is 6.58 Å². The maximum atomic E-state index is 9.97. The fourth-order valence-electron chi connectivity index (χ4n) is 3.62. The Balaban J connectivity index is 0.000000311. The second kappa shape index (κ2) is 14.6. The van der Waals surface area contributed by atoms with Crippen LogP contribution in [0.4, 0.5) is 0 Å². The second-order valence-corrected chi connectivity index (χ2v) is 8.76. The summed E-state index contributed by atoms with van der Waals surface area (Å²) in [4.78, 5) is 2.24. The average molecular weight is 386 g/mol. The van der Waals surface area contributed by atoms with Crippen molar-refractivity contribution in [3.63, 3.8) is 0 Å². The molecule has 0 heterocycles. The van der Waals surface area contributed by atoms with Crippen LogP contribution in [-0.2, 0) is 6.42 Å². The molecule has 1 aliphatic carbocycles. The van der Waals surface area contributed by atoms with Crippen molar-refractivity contribution in [1.29, 1.82) is 0 Å². The van der Waals surface area contributed by atoms with E-state index in [0.29, 0.717) is 5.92 Å². The van der Waals surface area contributed by atoms with Gasteiger partial charge in [0.15, 0.2) is 0 Å². The van der Waals surface area contributed by atoms with Crippen molar-refractivity contribution < 1.29 is 5.11 Å². The van der Waals surface area contributed by atoms with Crippen molar-refractivity contribution in [2.45, 2.75) is 77.7 Å². The van der Waals surface area contributed by atoms with Crippen LogP contribution in [0, 0.1) is 12.8 Å². The summed E-state index contributed by atoms with van der Waals surface area (Å²) >= 11 is 0. The molecular formula is C26H43NO. The molecule has 0 aliphatic heterocycles. The predicted molar refractivity (Wildman–Crippen MR) is 124 cm³/mol. The first kappa shape index (κ1) is 24.7. The molecule has 0 unspecified atom stereocenters. The monoisotopic (exact) mass is 385 g/mol. The number of benzene rings is 1. The van der Waals surface area contributed by atoms with Gasteiger partial charge in [-0.1, -0.05) is 66.8 Å². The zero-order chi connectivity index (χ0) is 20.8. The maximum Gasteiger partial charge on any atom is 0.0761 e. The van der Waals surface area contributed by atoms with Crippen molar-refractivity contribution in [1.82, 2.24) is 4.90 Å². The van der Waals surface area contributed by atoms with Gasteiger partial charge in [0.1, 0.15) is 0 Å². The van der Waals surface area contributed by atoms with E-state index >= 15 is 0 Å². The quantitative estimate of drug-likeness (QED) is 0.376. The highest BCUT2D eigenvalue weighted by Gasteiger charge is 2.12. The molecule has 1 N–H and O–H groups in total. The third-order valence-corrected chi connectivity index (χ3v) is 5.24. The molecule has 0 aromatic heterocycles. The molecule has 2 rings (SSSR count). The summed E-state index contributed by atoms with van der Waals surface area (Å²) in [6.45, 7) is 9.29. The van der Waals surface area contributed by atoms with Gasteiger partial charge in [-0.3, -0.25) is 0 Å². The van der Waals surface area contributed by atoms with Crippen LogP contribution in [0.25, 0.3) is 0 Å². The fourth-order valence-corrected chi connectivity index (χ4v) is 3.62. The smallest absolute Gasteiger partial charge is 0.0761 e. The number of hydrogen-bond donors (Lipinski definition) is 1. The van der Waals surface area contributed by atoms with Gasteiger partial charge in [-0.05, 0) is 78.1 Å². The lowest BCUT2D eigenvalue weighted by atomic mass is 10.0. The van der Waals surface area contributed by atoms with E-state index in [0.717, 1.165) is 6.42 Å². The number of rotatable bonds is 10. The minimum atomic E-state index is -0.336. The van der Waals surface area contributed by atoms with Crippen LogP contribution in [0.15, 0.2) is 48.6 Å². The van der Waals surface area contributed by atoms with E-state index < -0.39 is 0 Å². The van der Waals surface area contributed by atoms with Crippen LogP contribution in [-0.4, -0.2) is 36.8 Å². The standard InChI is InChI=1S/C16H22O.C10H21N/c1-13-5-4-8-15(11-13)12-16(17)10-9-14-6-2-3-7-14;1-10(2)8-6-5-7-9-11(3)4/h4-5,8-11,14,16-17H,2-3,6-7,12H2,1H3;1,5-9H2,2-4H3/b10-9+;/t16-;/m0./s1. The Bertz CT molecular complexity index is 570. The Hall–Kier alpha value is -1.38. The lowest BCUT2D eigenvalue weighted by Crippen LogP contribution is -2.12. The summed E-state index contributed by atoms with van der Waals surface area (Å²) in [6, 6.07) is 8.37. The first-order chi connectivity index (χ1) is 13.4. The number of allylic oxidation sites excluding steroid dienone is 2. The molecule has 0 saturated heterocycles. The summed E-state index contributed by atoms with van der Waals surface area (Å²) in [6.07, 6.45) is 15.1. The number of nitrogens with zero attached hydrogens (tertiary/aromatic N) is 1. The zero-order valence-corrected chi connectivity index (χ0v) is 18.8. The molecule has 0 bridgehead atoms. The minimum Gasteiger partial charge on any atom is -0.389 e. The van der Waals surface area contributed by atoms with Gasteiger partial charge >= 0.3 is 0 Å². The summed E-state index contributed by atoms with van der Waals surface area (Å²) in [5.74, 6) is 0.710. The Morgan fingerprint density at radius 2 is 1.93 bits per heavy atom. The predicted octanol–water partition coefficient (Wildman–Crippen LogP) is 6.33. The molecule has 1 atom stereocenters. The van der Waals surface area contributed by atoms with Crippen LogP contribution in [0.2, 0.25) is 0 Å². The third kappa shape index (κ3) is 12.9. The third-order valence-electron chi connectivity index (χ3n) is 5.24. The number of aliphatic hydroxyl groups excluding tert-OH is 1. The first-order valence-corrected chi connectivity index (χ1v) is 11.1. The Morgan fingerprint density at radius 1 is 1.21 bits per heavy atom. The van der Waals surface area contributed by atoms with E-state index in [1.54, 1.807) is 0 Å². The first-order valence-electron chi connectivity index (χ1n) is 11.1. The molecular weight excluding hydrogens is 342 g/mol. The largest absolute Gasteiger partial charge is 0.389 e. The van der Waals surface area contributed by atoms with Crippen molar-refractivity contribution >= 4 is 0 Å². The molecule has 2 heteroatoms. The molecule has 1 aliphatic rings. The number of aryl methyl sites for hydroxylation is 1. The molecule has 28 heavy (non-hydrogen) atoms. The molecule has 1 saturated carbocycles. The van der Waals surface area contributed by atoms with Crippen LogP contribution in [0.3, 0.4) is 0 Å². The van der Waals surface area contributed by atoms with Gasteiger partial charge in [0.25, 0.3) is 0 Å². The van der Waals surface area contributed by atoms with E-state index in [1.165, 1.54) is 74.6 Å². The van der Waals surface area contributed by atoms with E-state index in [-0.39, 0.29) is 6.10 Å². The second-order valence-electron chi connectivity index (χ2n) is 8.76. The molecule has 158 valence electrons. The molecule has 0 radical (unpaired) electrons. The minimum absolute atomic E-state index is 0.336. The molecule has 1 aromatic carbocycles. The summed E-state index contributed by atoms with van der Waals surface area (Å²) in [7, 11) is 4.25. The summed E-state index contributed by atoms with van der Waals surface area (Å²) < 4.78 is 0. The molecule has 0 spiro atoms. The molecule has 2 nitrogen and oxygen atoms in total. The van der Waals surface area contributed by atoms with E-state index in [4.69, 9.17) is 0 Å². The van der Waals surface area contributed by atoms with Crippen molar-refractivity contribution in [2.24, 2.45) is 5.92 Å². The van der Waals surface area contributed by atoms with Gasteiger partial charge in [-0.25, -0.2) is 0 Å². The molecule has 1 aromatic rings. The number of unbranched alkanes of at least 4 members (excludes halogenated alkanes) is 2. The number of hydrogen-bond acceptors (Lipinski definition) is 2. The van der Waals surface area contributed by atoms with E-state index in [9.17, 15) is 5.11 Å². The van der Waals surface area contributed by atoms with Gasteiger partial charge in [0.2, 0.25) is 0 Å². The van der Waals surface area contributed by atoms with Crippen molar-refractivity contribution in [3.05, 3.63) is 59.7 Å². The highest BCUT2D eigenvalue weighted by molar-refractivity contribution is 5.23. The summed E-state index contributed by atoms with van der Waals surface area (Å²) in [5, 5.41) is 9.97. The van der Waals surface area contributed by atoms with Crippen LogP contribution in [0.5, 0.6) is 0 Å². The normalized spacial score (nSPS) is 15.6. The molecule has 0 amide bonds. The van der Waals surface area contributed by atoms with Crippen LogP contribution < -0.4 is 0 Å². The fraction of sp³-hybridized carbons (Fsp3) is 0.615. The van der Waals surface area contributed by atoms with Crippen molar-refractivity contribution in [3.8, 4) is 0 Å². The van der Waals surface area contributed by atoms with E-state index in [1.807, 2.05) is 6.08 Å². The van der Waals surface area contributed by atoms with Gasteiger partial charge in [0, 0.05) is 6.42 Å². The Labute approximate surface area is 174 Å². The number of aliphatic hydroxyl groups is 1. The highest BCUT2D eigenvalue weighted by atomic mass is 16.3. The van der Waals surface area contributed by atoms with Crippen LogP contribution >= 0.6 is 0 Å². The van der Waals surface area contributed by atoms with Gasteiger partial charge in [0.05, 0.1) is 6.10 Å². The van der Waals surface area contributed by atoms with Gasteiger partial charge < -0.3 is 10.0 Å². The Kier molecular flexibility index (Phi) is 12.9.